The van der Waals surface area contributed by atoms with E-state index < -0.39 is 0 Å². The van der Waals surface area contributed by atoms with E-state index in [1.165, 1.54) is 10.6 Å². The number of nitrogens with zero attached hydrogens (tertiary/aromatic N) is 2. The molecular formula is C12H12ClN3O. The van der Waals surface area contributed by atoms with Crippen molar-refractivity contribution in [3.05, 3.63) is 51.5 Å². The van der Waals surface area contributed by atoms with Crippen LogP contribution in [0, 0.1) is 6.92 Å². The molecule has 0 fully saturated rings. The lowest BCUT2D eigenvalue weighted by Crippen LogP contribution is -2.20. The van der Waals surface area contributed by atoms with E-state index in [9.17, 15) is 4.79 Å². The molecule has 0 aliphatic heterocycles. The van der Waals surface area contributed by atoms with Gasteiger partial charge in [-0.05, 0) is 31.2 Å². The van der Waals surface area contributed by atoms with Gasteiger partial charge in [0.15, 0.2) is 0 Å². The number of rotatable bonds is 2. The second-order valence-corrected chi connectivity index (χ2v) is 4.15. The highest BCUT2D eigenvalue weighted by Gasteiger charge is 2.02. The van der Waals surface area contributed by atoms with Gasteiger partial charge in [-0.2, -0.15) is 0 Å². The van der Waals surface area contributed by atoms with Crippen molar-refractivity contribution in [1.29, 1.82) is 0 Å². The molecule has 17 heavy (non-hydrogen) atoms. The average Bonchev–Trinajstić information content (AvgIpc) is 2.29. The quantitative estimate of drug-likeness (QED) is 0.890. The molecule has 1 aromatic heterocycles. The SMILES string of the molecule is Cc1nc(Nc2ccc(Cl)cc2)cc(=O)n1C. The second-order valence-electron chi connectivity index (χ2n) is 3.72. The molecule has 0 aliphatic carbocycles. The van der Waals surface area contributed by atoms with Crippen molar-refractivity contribution in [3.63, 3.8) is 0 Å². The summed E-state index contributed by atoms with van der Waals surface area (Å²) in [6.45, 7) is 1.79. The Kier molecular flexibility index (Phi) is 3.15. The Morgan fingerprint density at radius 2 is 1.94 bits per heavy atom. The molecular weight excluding hydrogens is 238 g/mol. The lowest BCUT2D eigenvalue weighted by Gasteiger charge is -2.08. The van der Waals surface area contributed by atoms with Crippen molar-refractivity contribution in [3.8, 4) is 0 Å². The van der Waals surface area contributed by atoms with Gasteiger partial charge < -0.3 is 5.32 Å². The van der Waals surface area contributed by atoms with E-state index in [1.54, 1.807) is 26.1 Å². The van der Waals surface area contributed by atoms with Crippen molar-refractivity contribution in [2.45, 2.75) is 6.92 Å². The fraction of sp³-hybridized carbons (Fsp3) is 0.167. The highest BCUT2D eigenvalue weighted by molar-refractivity contribution is 6.30. The van der Waals surface area contributed by atoms with Crippen LogP contribution in [0.15, 0.2) is 35.1 Å². The van der Waals surface area contributed by atoms with Gasteiger partial charge in [-0.1, -0.05) is 11.6 Å². The molecule has 2 rings (SSSR count). The van der Waals surface area contributed by atoms with Crippen LogP contribution < -0.4 is 10.9 Å². The standard InChI is InChI=1S/C12H12ClN3O/c1-8-14-11(7-12(17)16(8)2)15-10-5-3-9(13)4-6-10/h3-7,15H,1-2H3. The third-order valence-electron chi connectivity index (χ3n) is 2.48. The van der Waals surface area contributed by atoms with E-state index in [1.807, 2.05) is 12.1 Å². The predicted octanol–water partition coefficient (Wildman–Crippen LogP) is 2.49. The minimum Gasteiger partial charge on any atom is -0.340 e. The van der Waals surface area contributed by atoms with Gasteiger partial charge in [0, 0.05) is 23.8 Å². The molecule has 0 spiro atoms. The van der Waals surface area contributed by atoms with E-state index in [2.05, 4.69) is 10.3 Å². The van der Waals surface area contributed by atoms with Crippen molar-refractivity contribution in [2.75, 3.05) is 5.32 Å². The number of hydrogen-bond acceptors (Lipinski definition) is 3. The Bertz CT molecular complexity index is 590. The summed E-state index contributed by atoms with van der Waals surface area (Å²) in [5.41, 5.74) is 0.753. The zero-order valence-corrected chi connectivity index (χ0v) is 10.3. The second kappa shape index (κ2) is 4.59. The summed E-state index contributed by atoms with van der Waals surface area (Å²) in [4.78, 5) is 15.8. The molecule has 0 atom stereocenters. The topological polar surface area (TPSA) is 46.9 Å². The normalized spacial score (nSPS) is 10.3. The molecule has 0 saturated heterocycles. The number of benzene rings is 1. The molecule has 0 amide bonds. The Morgan fingerprint density at radius 3 is 2.53 bits per heavy atom. The van der Waals surface area contributed by atoms with Crippen LogP contribution in [0.4, 0.5) is 11.5 Å². The van der Waals surface area contributed by atoms with Crippen LogP contribution in [0.25, 0.3) is 0 Å². The first-order valence-corrected chi connectivity index (χ1v) is 5.51. The lowest BCUT2D eigenvalue weighted by molar-refractivity contribution is 0.778. The van der Waals surface area contributed by atoms with Gasteiger partial charge in [-0.25, -0.2) is 4.98 Å². The highest BCUT2D eigenvalue weighted by Crippen LogP contribution is 2.16. The smallest absolute Gasteiger partial charge is 0.255 e. The fourth-order valence-electron chi connectivity index (χ4n) is 1.40. The van der Waals surface area contributed by atoms with Gasteiger partial charge in [-0.15, -0.1) is 0 Å². The molecule has 0 bridgehead atoms. The molecule has 2 aromatic rings. The van der Waals surface area contributed by atoms with Crippen molar-refractivity contribution >= 4 is 23.1 Å². The third kappa shape index (κ3) is 2.65. The predicted molar refractivity (Wildman–Crippen MR) is 68.9 cm³/mol. The van der Waals surface area contributed by atoms with Crippen LogP contribution >= 0.6 is 11.6 Å². The van der Waals surface area contributed by atoms with Gasteiger partial charge in [0.1, 0.15) is 11.6 Å². The van der Waals surface area contributed by atoms with Crippen LogP contribution in [0.1, 0.15) is 5.82 Å². The van der Waals surface area contributed by atoms with E-state index in [0.717, 1.165) is 5.69 Å². The molecule has 0 saturated carbocycles. The number of anilines is 2. The summed E-state index contributed by atoms with van der Waals surface area (Å²) in [5.74, 6) is 1.20. The van der Waals surface area contributed by atoms with Crippen LogP contribution in [0.3, 0.4) is 0 Å². The monoisotopic (exact) mass is 249 g/mol. The zero-order chi connectivity index (χ0) is 12.4. The van der Waals surface area contributed by atoms with E-state index in [4.69, 9.17) is 11.6 Å². The highest BCUT2D eigenvalue weighted by atomic mass is 35.5. The number of nitrogens with one attached hydrogen (secondary N) is 1. The minimum absolute atomic E-state index is 0.0889. The van der Waals surface area contributed by atoms with Gasteiger partial charge in [0.2, 0.25) is 0 Å². The van der Waals surface area contributed by atoms with Crippen LogP contribution in [-0.2, 0) is 7.05 Å². The first-order valence-electron chi connectivity index (χ1n) is 5.13. The Balaban J connectivity index is 2.30. The summed E-state index contributed by atoms with van der Waals surface area (Å²) in [7, 11) is 1.69. The fourth-order valence-corrected chi connectivity index (χ4v) is 1.53. The van der Waals surface area contributed by atoms with Crippen molar-refractivity contribution in [1.82, 2.24) is 9.55 Å². The maximum atomic E-state index is 11.6. The Hall–Kier alpha value is -1.81. The molecule has 5 heteroatoms. The molecule has 1 N–H and O–H groups in total. The zero-order valence-electron chi connectivity index (χ0n) is 9.57. The van der Waals surface area contributed by atoms with Gasteiger partial charge in [0.05, 0.1) is 0 Å². The van der Waals surface area contributed by atoms with Crippen LogP contribution in [-0.4, -0.2) is 9.55 Å². The Labute approximate surface area is 104 Å². The van der Waals surface area contributed by atoms with Crippen molar-refractivity contribution < 1.29 is 0 Å². The maximum absolute atomic E-state index is 11.6. The van der Waals surface area contributed by atoms with E-state index in [-0.39, 0.29) is 5.56 Å². The first kappa shape index (κ1) is 11.7. The van der Waals surface area contributed by atoms with Gasteiger partial charge >= 0.3 is 0 Å². The minimum atomic E-state index is -0.0889. The maximum Gasteiger partial charge on any atom is 0.255 e. The molecule has 4 nitrogen and oxygen atoms in total. The Morgan fingerprint density at radius 1 is 1.29 bits per heavy atom. The molecule has 0 aliphatic rings. The largest absolute Gasteiger partial charge is 0.340 e. The molecule has 1 aromatic carbocycles. The third-order valence-corrected chi connectivity index (χ3v) is 2.73. The van der Waals surface area contributed by atoms with E-state index >= 15 is 0 Å². The molecule has 1 heterocycles. The van der Waals surface area contributed by atoms with Crippen LogP contribution in [0.2, 0.25) is 5.02 Å². The van der Waals surface area contributed by atoms with Crippen molar-refractivity contribution in [2.24, 2.45) is 7.05 Å². The molecule has 0 radical (unpaired) electrons. The summed E-state index contributed by atoms with van der Waals surface area (Å²) < 4.78 is 1.49. The number of aromatic nitrogens is 2. The first-order chi connectivity index (χ1) is 8.06. The summed E-state index contributed by atoms with van der Waals surface area (Å²) in [6, 6.07) is 8.67. The van der Waals surface area contributed by atoms with Gasteiger partial charge in [-0.3, -0.25) is 9.36 Å². The summed E-state index contributed by atoms with van der Waals surface area (Å²) >= 11 is 5.79. The van der Waals surface area contributed by atoms with Gasteiger partial charge in [0.25, 0.3) is 5.56 Å². The molecule has 88 valence electrons. The summed E-state index contributed by atoms with van der Waals surface area (Å²) in [5, 5.41) is 3.73. The summed E-state index contributed by atoms with van der Waals surface area (Å²) in [6.07, 6.45) is 0. The molecule has 0 unspecified atom stereocenters. The lowest BCUT2D eigenvalue weighted by atomic mass is 10.3. The number of hydrogen-bond donors (Lipinski definition) is 1. The van der Waals surface area contributed by atoms with Crippen LogP contribution in [0.5, 0.6) is 0 Å². The number of halogens is 1. The number of aryl methyl sites for hydroxylation is 1. The van der Waals surface area contributed by atoms with E-state index in [0.29, 0.717) is 16.7 Å². The average molecular weight is 250 g/mol.